The van der Waals surface area contributed by atoms with Crippen LogP contribution in [-0.2, 0) is 5.41 Å². The van der Waals surface area contributed by atoms with Crippen molar-refractivity contribution >= 4 is 28.7 Å². The third kappa shape index (κ3) is 2.45. The van der Waals surface area contributed by atoms with Gasteiger partial charge < -0.3 is 5.32 Å². The van der Waals surface area contributed by atoms with Gasteiger partial charge in [-0.2, -0.15) is 0 Å². The fourth-order valence-electron chi connectivity index (χ4n) is 3.77. The van der Waals surface area contributed by atoms with Crippen LogP contribution in [0.15, 0.2) is 60.7 Å². The number of hydrogen-bond donors (Lipinski definition) is 1. The zero-order valence-corrected chi connectivity index (χ0v) is 15.2. The van der Waals surface area contributed by atoms with Gasteiger partial charge >= 0.3 is 0 Å². The third-order valence-electron chi connectivity index (χ3n) is 5.03. The van der Waals surface area contributed by atoms with E-state index >= 15 is 0 Å². The molecule has 26 heavy (non-hydrogen) atoms. The highest BCUT2D eigenvalue weighted by Crippen LogP contribution is 2.51. The molecular weight excluding hydrogens is 348 g/mol. The lowest BCUT2D eigenvalue weighted by molar-refractivity contribution is -0.383. The molecule has 0 saturated carbocycles. The topological polar surface area (TPSA) is 55.2 Å². The highest BCUT2D eigenvalue weighted by Gasteiger charge is 2.36. The Bertz CT molecular complexity index is 1040. The number of nitrogens with zero attached hydrogens (tertiary/aromatic N) is 1. The minimum absolute atomic E-state index is 0.00227. The van der Waals surface area contributed by atoms with Crippen LogP contribution in [0.2, 0.25) is 5.02 Å². The predicted octanol–water partition coefficient (Wildman–Crippen LogP) is 6.30. The molecule has 4 nitrogen and oxygen atoms in total. The molecule has 3 aromatic carbocycles. The highest BCUT2D eigenvalue weighted by atomic mass is 35.5. The SMILES string of the molecule is CC1(C)c2ccccc2-c2c(Nc3cc(Cl)ccc3[N+](=O)[O-])cccc21. The maximum absolute atomic E-state index is 11.4. The van der Waals surface area contributed by atoms with Gasteiger partial charge in [0.2, 0.25) is 0 Å². The summed E-state index contributed by atoms with van der Waals surface area (Å²) in [6.45, 7) is 4.40. The Balaban J connectivity index is 1.90. The molecule has 0 saturated heterocycles. The summed E-state index contributed by atoms with van der Waals surface area (Å²) < 4.78 is 0. The van der Waals surface area contributed by atoms with E-state index in [0.717, 1.165) is 16.8 Å². The van der Waals surface area contributed by atoms with Crippen LogP contribution in [0.25, 0.3) is 11.1 Å². The molecule has 0 aliphatic heterocycles. The van der Waals surface area contributed by atoms with E-state index in [1.165, 1.54) is 23.3 Å². The second-order valence-electron chi connectivity index (χ2n) is 6.94. The van der Waals surface area contributed by atoms with E-state index in [9.17, 15) is 10.1 Å². The van der Waals surface area contributed by atoms with Crippen LogP contribution in [-0.4, -0.2) is 4.92 Å². The summed E-state index contributed by atoms with van der Waals surface area (Å²) >= 11 is 6.07. The summed E-state index contributed by atoms with van der Waals surface area (Å²) in [4.78, 5) is 11.0. The maximum atomic E-state index is 11.4. The number of anilines is 2. The maximum Gasteiger partial charge on any atom is 0.292 e. The van der Waals surface area contributed by atoms with Crippen LogP contribution in [0.5, 0.6) is 0 Å². The number of hydrogen-bond acceptors (Lipinski definition) is 3. The first-order valence-corrected chi connectivity index (χ1v) is 8.72. The second kappa shape index (κ2) is 5.85. The second-order valence-corrected chi connectivity index (χ2v) is 7.38. The van der Waals surface area contributed by atoms with E-state index in [4.69, 9.17) is 11.6 Å². The molecule has 0 fully saturated rings. The highest BCUT2D eigenvalue weighted by molar-refractivity contribution is 6.31. The molecule has 4 rings (SSSR count). The lowest BCUT2D eigenvalue weighted by Crippen LogP contribution is -2.14. The molecule has 1 N–H and O–H groups in total. The first kappa shape index (κ1) is 16.6. The van der Waals surface area contributed by atoms with Crippen molar-refractivity contribution in [2.75, 3.05) is 5.32 Å². The van der Waals surface area contributed by atoms with E-state index in [2.05, 4.69) is 37.4 Å². The Morgan fingerprint density at radius 3 is 2.46 bits per heavy atom. The third-order valence-corrected chi connectivity index (χ3v) is 5.27. The van der Waals surface area contributed by atoms with Crippen LogP contribution in [0.4, 0.5) is 17.1 Å². The Hall–Kier alpha value is -2.85. The van der Waals surface area contributed by atoms with Gasteiger partial charge in [0.1, 0.15) is 5.69 Å². The fraction of sp³-hybridized carbons (Fsp3) is 0.143. The summed E-state index contributed by atoms with van der Waals surface area (Å²) in [5, 5.41) is 15.1. The summed E-state index contributed by atoms with van der Waals surface area (Å²) in [5.41, 5.74) is 5.80. The van der Waals surface area contributed by atoms with Gasteiger partial charge in [-0.25, -0.2) is 0 Å². The van der Waals surface area contributed by atoms with Crippen LogP contribution in [0.3, 0.4) is 0 Å². The summed E-state index contributed by atoms with van der Waals surface area (Å²) in [7, 11) is 0. The molecule has 5 heteroatoms. The van der Waals surface area contributed by atoms with Crippen molar-refractivity contribution in [1.82, 2.24) is 0 Å². The zero-order chi connectivity index (χ0) is 18.5. The Morgan fingerprint density at radius 1 is 0.962 bits per heavy atom. The molecule has 0 atom stereocenters. The van der Waals surface area contributed by atoms with Crippen molar-refractivity contribution in [3.05, 3.63) is 86.9 Å². The van der Waals surface area contributed by atoms with Crippen molar-refractivity contribution in [1.29, 1.82) is 0 Å². The van der Waals surface area contributed by atoms with E-state index < -0.39 is 4.92 Å². The number of halogens is 1. The Labute approximate surface area is 156 Å². The van der Waals surface area contributed by atoms with E-state index in [1.807, 2.05) is 24.3 Å². The molecular formula is C21H17ClN2O2. The number of nitro groups is 1. The first-order valence-electron chi connectivity index (χ1n) is 8.34. The monoisotopic (exact) mass is 364 g/mol. The quantitative estimate of drug-likeness (QED) is 0.438. The molecule has 0 amide bonds. The normalized spacial score (nSPS) is 13.8. The molecule has 3 aromatic rings. The van der Waals surface area contributed by atoms with Crippen molar-refractivity contribution in [3.63, 3.8) is 0 Å². The average Bonchev–Trinajstić information content (AvgIpc) is 2.84. The molecule has 0 unspecified atom stereocenters. The number of benzene rings is 3. The standard InChI is InChI=1S/C21H17ClN2O2/c1-21(2)15-7-4-3-6-14(15)20-16(21)8-5-9-17(20)23-18-12-13(22)10-11-19(18)24(25)26/h3-12,23H,1-2H3. The summed E-state index contributed by atoms with van der Waals surface area (Å²) in [6, 6.07) is 18.9. The summed E-state index contributed by atoms with van der Waals surface area (Å²) in [5.74, 6) is 0. The lowest BCUT2D eigenvalue weighted by Gasteiger charge is -2.21. The van der Waals surface area contributed by atoms with E-state index in [-0.39, 0.29) is 11.1 Å². The van der Waals surface area contributed by atoms with Gasteiger partial charge in [-0.05, 0) is 34.9 Å². The number of rotatable bonds is 3. The fourth-order valence-corrected chi connectivity index (χ4v) is 3.94. The minimum Gasteiger partial charge on any atom is -0.349 e. The molecule has 0 aromatic heterocycles. The van der Waals surface area contributed by atoms with Crippen LogP contribution < -0.4 is 5.32 Å². The summed E-state index contributed by atoms with van der Waals surface area (Å²) in [6.07, 6.45) is 0. The lowest BCUT2D eigenvalue weighted by atomic mass is 9.82. The number of nitro benzene ring substituents is 1. The van der Waals surface area contributed by atoms with Crippen molar-refractivity contribution < 1.29 is 4.92 Å². The molecule has 0 heterocycles. The zero-order valence-electron chi connectivity index (χ0n) is 14.4. The van der Waals surface area contributed by atoms with Gasteiger partial charge in [-0.1, -0.05) is 61.8 Å². The average molecular weight is 365 g/mol. The van der Waals surface area contributed by atoms with Gasteiger partial charge in [0.15, 0.2) is 0 Å². The van der Waals surface area contributed by atoms with Crippen LogP contribution >= 0.6 is 11.6 Å². The predicted molar refractivity (Wildman–Crippen MR) is 105 cm³/mol. The van der Waals surface area contributed by atoms with Crippen molar-refractivity contribution in [2.45, 2.75) is 19.3 Å². The molecule has 0 radical (unpaired) electrons. The van der Waals surface area contributed by atoms with Crippen molar-refractivity contribution in [3.8, 4) is 11.1 Å². The van der Waals surface area contributed by atoms with E-state index in [0.29, 0.717) is 10.7 Å². The molecule has 1 aliphatic rings. The van der Waals surface area contributed by atoms with Crippen LogP contribution in [0.1, 0.15) is 25.0 Å². The van der Waals surface area contributed by atoms with Crippen LogP contribution in [0, 0.1) is 10.1 Å². The molecule has 0 bridgehead atoms. The Morgan fingerprint density at radius 2 is 1.69 bits per heavy atom. The first-order chi connectivity index (χ1) is 12.4. The van der Waals surface area contributed by atoms with Gasteiger partial charge in [0.05, 0.1) is 4.92 Å². The van der Waals surface area contributed by atoms with Gasteiger partial charge in [0.25, 0.3) is 5.69 Å². The van der Waals surface area contributed by atoms with E-state index in [1.54, 1.807) is 6.07 Å². The largest absolute Gasteiger partial charge is 0.349 e. The van der Waals surface area contributed by atoms with Crippen molar-refractivity contribution in [2.24, 2.45) is 0 Å². The van der Waals surface area contributed by atoms with Gasteiger partial charge in [0, 0.05) is 27.8 Å². The van der Waals surface area contributed by atoms with Gasteiger partial charge in [-0.15, -0.1) is 0 Å². The number of nitrogens with one attached hydrogen (secondary N) is 1. The smallest absolute Gasteiger partial charge is 0.292 e. The molecule has 1 aliphatic carbocycles. The van der Waals surface area contributed by atoms with Gasteiger partial charge in [-0.3, -0.25) is 10.1 Å². The minimum atomic E-state index is -0.403. The number of fused-ring (bicyclic) bond motifs is 3. The molecule has 0 spiro atoms. The Kier molecular flexibility index (Phi) is 3.74. The molecule has 130 valence electrons.